The SMILES string of the molecule is O=C(O)CSc1nc2sccc2c(=O)n1-c1ccccc1. The molecular weight excluding hydrogens is 308 g/mol. The van der Waals surface area contributed by atoms with Crippen molar-refractivity contribution in [3.63, 3.8) is 0 Å². The van der Waals surface area contributed by atoms with Crippen molar-refractivity contribution in [2.75, 3.05) is 5.75 Å². The molecule has 0 aliphatic heterocycles. The van der Waals surface area contributed by atoms with Gasteiger partial charge in [0.1, 0.15) is 4.83 Å². The van der Waals surface area contributed by atoms with Crippen molar-refractivity contribution in [1.29, 1.82) is 0 Å². The second kappa shape index (κ2) is 5.71. The maximum absolute atomic E-state index is 12.6. The van der Waals surface area contributed by atoms with Crippen molar-refractivity contribution >= 4 is 39.3 Å². The molecule has 0 saturated heterocycles. The zero-order chi connectivity index (χ0) is 14.8. The van der Waals surface area contributed by atoms with Gasteiger partial charge in [0.15, 0.2) is 5.16 Å². The standard InChI is InChI=1S/C14H10N2O3S2/c17-11(18)8-21-14-15-12-10(6-7-20-12)13(19)16(14)9-4-2-1-3-5-9/h1-7H,8H2,(H,17,18). The summed E-state index contributed by atoms with van der Waals surface area (Å²) in [6, 6.07) is 10.8. The molecule has 3 aromatic rings. The van der Waals surface area contributed by atoms with E-state index in [1.54, 1.807) is 23.6 Å². The number of carboxylic acid groups (broad SMARTS) is 1. The van der Waals surface area contributed by atoms with E-state index in [9.17, 15) is 9.59 Å². The minimum absolute atomic E-state index is 0.143. The predicted octanol–water partition coefficient (Wildman–Crippen LogP) is 2.62. The molecule has 0 atom stereocenters. The van der Waals surface area contributed by atoms with E-state index in [4.69, 9.17) is 5.11 Å². The van der Waals surface area contributed by atoms with E-state index in [-0.39, 0.29) is 11.3 Å². The molecule has 0 saturated carbocycles. The summed E-state index contributed by atoms with van der Waals surface area (Å²) >= 11 is 2.41. The summed E-state index contributed by atoms with van der Waals surface area (Å²) in [5, 5.41) is 11.6. The number of para-hydroxylation sites is 1. The summed E-state index contributed by atoms with van der Waals surface area (Å²) in [6.45, 7) is 0. The van der Waals surface area contributed by atoms with Crippen LogP contribution in [-0.2, 0) is 4.79 Å². The maximum Gasteiger partial charge on any atom is 0.313 e. The molecule has 5 nitrogen and oxygen atoms in total. The average Bonchev–Trinajstić information content (AvgIpc) is 2.95. The van der Waals surface area contributed by atoms with Crippen LogP contribution in [0.2, 0.25) is 0 Å². The van der Waals surface area contributed by atoms with E-state index in [1.165, 1.54) is 15.9 Å². The van der Waals surface area contributed by atoms with Crippen LogP contribution >= 0.6 is 23.1 Å². The molecule has 106 valence electrons. The largest absolute Gasteiger partial charge is 0.481 e. The molecule has 2 heterocycles. The molecule has 1 aromatic carbocycles. The minimum atomic E-state index is -0.944. The van der Waals surface area contributed by atoms with Gasteiger partial charge in [-0.3, -0.25) is 14.2 Å². The second-order valence-electron chi connectivity index (χ2n) is 4.19. The smallest absolute Gasteiger partial charge is 0.313 e. The molecule has 21 heavy (non-hydrogen) atoms. The van der Waals surface area contributed by atoms with E-state index in [0.717, 1.165) is 11.8 Å². The topological polar surface area (TPSA) is 72.2 Å². The van der Waals surface area contributed by atoms with Gasteiger partial charge in [0.2, 0.25) is 0 Å². The van der Waals surface area contributed by atoms with E-state index in [2.05, 4.69) is 4.98 Å². The molecule has 0 bridgehead atoms. The van der Waals surface area contributed by atoms with Crippen LogP contribution in [0.15, 0.2) is 51.7 Å². The summed E-state index contributed by atoms with van der Waals surface area (Å²) in [5.41, 5.74) is 0.497. The normalized spacial score (nSPS) is 10.9. The first kappa shape index (κ1) is 13.8. The molecule has 0 radical (unpaired) electrons. The second-order valence-corrected chi connectivity index (χ2v) is 6.03. The number of rotatable bonds is 4. The zero-order valence-electron chi connectivity index (χ0n) is 10.7. The van der Waals surface area contributed by atoms with Gasteiger partial charge >= 0.3 is 5.97 Å². The number of benzene rings is 1. The molecule has 0 aliphatic carbocycles. The van der Waals surface area contributed by atoms with Gasteiger partial charge in [0.05, 0.1) is 16.8 Å². The Bertz CT molecular complexity index is 856. The van der Waals surface area contributed by atoms with Crippen LogP contribution in [0.5, 0.6) is 0 Å². The molecule has 7 heteroatoms. The molecule has 3 rings (SSSR count). The number of carboxylic acids is 1. The van der Waals surface area contributed by atoms with Crippen LogP contribution < -0.4 is 5.56 Å². The number of thioether (sulfide) groups is 1. The lowest BCUT2D eigenvalue weighted by Crippen LogP contribution is -2.21. The summed E-state index contributed by atoms with van der Waals surface area (Å²) in [7, 11) is 0. The number of aromatic nitrogens is 2. The Balaban J connectivity index is 2.23. The number of carbonyl (C=O) groups is 1. The fraction of sp³-hybridized carbons (Fsp3) is 0.0714. The van der Waals surface area contributed by atoms with Crippen LogP contribution in [0.4, 0.5) is 0 Å². The third kappa shape index (κ3) is 2.70. The first-order valence-electron chi connectivity index (χ1n) is 6.07. The highest BCUT2D eigenvalue weighted by Gasteiger charge is 2.14. The highest BCUT2D eigenvalue weighted by Crippen LogP contribution is 2.23. The molecule has 0 unspecified atom stereocenters. The number of aliphatic carboxylic acids is 1. The Morgan fingerprint density at radius 1 is 1.29 bits per heavy atom. The lowest BCUT2D eigenvalue weighted by Gasteiger charge is -2.11. The quantitative estimate of drug-likeness (QED) is 0.591. The molecular formula is C14H10N2O3S2. The Hall–Kier alpha value is -2.12. The van der Waals surface area contributed by atoms with Gasteiger partial charge in [-0.2, -0.15) is 0 Å². The summed E-state index contributed by atoms with van der Waals surface area (Å²) in [4.78, 5) is 28.5. The van der Waals surface area contributed by atoms with Crippen LogP contribution in [0.3, 0.4) is 0 Å². The van der Waals surface area contributed by atoms with Crippen molar-refractivity contribution in [2.45, 2.75) is 5.16 Å². The highest BCUT2D eigenvalue weighted by atomic mass is 32.2. The van der Waals surface area contributed by atoms with E-state index in [1.807, 2.05) is 18.2 Å². The third-order valence-electron chi connectivity index (χ3n) is 2.81. The van der Waals surface area contributed by atoms with Crippen molar-refractivity contribution in [3.8, 4) is 5.69 Å². The van der Waals surface area contributed by atoms with E-state index in [0.29, 0.717) is 21.1 Å². The number of hydrogen-bond donors (Lipinski definition) is 1. The summed E-state index contributed by atoms with van der Waals surface area (Å²) < 4.78 is 1.46. The zero-order valence-corrected chi connectivity index (χ0v) is 12.4. The third-order valence-corrected chi connectivity index (χ3v) is 4.54. The Morgan fingerprint density at radius 3 is 2.76 bits per heavy atom. The van der Waals surface area contributed by atoms with Gasteiger partial charge in [-0.1, -0.05) is 30.0 Å². The number of fused-ring (bicyclic) bond motifs is 1. The first-order chi connectivity index (χ1) is 10.2. The monoisotopic (exact) mass is 318 g/mol. The lowest BCUT2D eigenvalue weighted by atomic mass is 10.3. The molecule has 0 amide bonds. The molecule has 0 spiro atoms. The summed E-state index contributed by atoms with van der Waals surface area (Å²) in [6.07, 6.45) is 0. The van der Waals surface area contributed by atoms with Gasteiger partial charge < -0.3 is 5.11 Å². The van der Waals surface area contributed by atoms with E-state index >= 15 is 0 Å². The first-order valence-corrected chi connectivity index (χ1v) is 7.93. The van der Waals surface area contributed by atoms with Crippen molar-refractivity contribution in [3.05, 3.63) is 52.1 Å². The number of hydrogen-bond acceptors (Lipinski definition) is 5. The minimum Gasteiger partial charge on any atom is -0.481 e. The lowest BCUT2D eigenvalue weighted by molar-refractivity contribution is -0.133. The van der Waals surface area contributed by atoms with Crippen molar-refractivity contribution in [1.82, 2.24) is 9.55 Å². The van der Waals surface area contributed by atoms with Gasteiger partial charge in [-0.05, 0) is 23.6 Å². The van der Waals surface area contributed by atoms with E-state index < -0.39 is 5.97 Å². The number of nitrogens with zero attached hydrogens (tertiary/aromatic N) is 2. The highest BCUT2D eigenvalue weighted by molar-refractivity contribution is 7.99. The van der Waals surface area contributed by atoms with Gasteiger partial charge in [0.25, 0.3) is 5.56 Å². The molecule has 2 aromatic heterocycles. The Kier molecular flexibility index (Phi) is 3.76. The average molecular weight is 318 g/mol. The maximum atomic E-state index is 12.6. The van der Waals surface area contributed by atoms with Crippen LogP contribution in [0.1, 0.15) is 0 Å². The molecule has 0 fully saturated rings. The fourth-order valence-corrected chi connectivity index (χ4v) is 3.46. The van der Waals surface area contributed by atoms with Crippen LogP contribution in [0.25, 0.3) is 15.9 Å². The Morgan fingerprint density at radius 2 is 2.05 bits per heavy atom. The van der Waals surface area contributed by atoms with Crippen molar-refractivity contribution < 1.29 is 9.90 Å². The molecule has 1 N–H and O–H groups in total. The Labute approximate surface area is 127 Å². The van der Waals surface area contributed by atoms with Gasteiger partial charge in [0, 0.05) is 0 Å². The van der Waals surface area contributed by atoms with Crippen LogP contribution in [-0.4, -0.2) is 26.4 Å². The molecule has 0 aliphatic rings. The fourth-order valence-electron chi connectivity index (χ4n) is 1.92. The van der Waals surface area contributed by atoms with Gasteiger partial charge in [-0.15, -0.1) is 11.3 Å². The van der Waals surface area contributed by atoms with Gasteiger partial charge in [-0.25, -0.2) is 4.98 Å². The van der Waals surface area contributed by atoms with Crippen molar-refractivity contribution in [2.24, 2.45) is 0 Å². The predicted molar refractivity (Wildman–Crippen MR) is 83.6 cm³/mol. The summed E-state index contributed by atoms with van der Waals surface area (Å²) in [5.74, 6) is -1.09. The number of thiophene rings is 1. The van der Waals surface area contributed by atoms with Crippen LogP contribution in [0, 0.1) is 0 Å².